The van der Waals surface area contributed by atoms with E-state index in [1.807, 2.05) is 13.8 Å². The summed E-state index contributed by atoms with van der Waals surface area (Å²) in [5.74, 6) is -1.48. The molecule has 4 N–H and O–H groups in total. The van der Waals surface area contributed by atoms with E-state index in [2.05, 4.69) is 25.6 Å². The first-order chi connectivity index (χ1) is 9.99. The van der Waals surface area contributed by atoms with Gasteiger partial charge in [0.15, 0.2) is 5.82 Å². The highest BCUT2D eigenvalue weighted by Crippen LogP contribution is 2.31. The molecular weight excluding hydrogens is 272 g/mol. The second-order valence-corrected chi connectivity index (χ2v) is 5.29. The second-order valence-electron chi connectivity index (χ2n) is 5.29. The molecule has 0 fully saturated rings. The summed E-state index contributed by atoms with van der Waals surface area (Å²) in [7, 11) is 0. The van der Waals surface area contributed by atoms with Crippen molar-refractivity contribution in [2.24, 2.45) is 11.8 Å². The van der Waals surface area contributed by atoms with E-state index in [-0.39, 0.29) is 11.8 Å². The molecule has 8 nitrogen and oxygen atoms in total. The number of rotatable bonds is 6. The van der Waals surface area contributed by atoms with Crippen LogP contribution in [0.1, 0.15) is 31.3 Å². The average Bonchev–Trinajstić information content (AvgIpc) is 2.93. The first-order valence-electron chi connectivity index (χ1n) is 6.66. The Bertz CT molecular complexity index is 581. The number of carboxylic acid groups (broad SMARTS) is 1. The first kappa shape index (κ1) is 14.9. The molecule has 0 aromatic carbocycles. The van der Waals surface area contributed by atoms with Crippen LogP contribution in [-0.2, 0) is 11.2 Å². The molecule has 0 spiro atoms. The Balaban J connectivity index is 2.32. The van der Waals surface area contributed by atoms with Gasteiger partial charge in [0.1, 0.15) is 0 Å². The summed E-state index contributed by atoms with van der Waals surface area (Å²) in [4.78, 5) is 15.8. The number of hydrogen-bond donors (Lipinski definition) is 3. The number of nitrogen functional groups attached to an aromatic ring is 1. The normalized spacial score (nSPS) is 14.0. The molecule has 2 rings (SSSR count). The topological polar surface area (TPSA) is 131 Å². The molecule has 0 aliphatic heterocycles. The summed E-state index contributed by atoms with van der Waals surface area (Å²) in [6, 6.07) is 3.52. The number of aromatic amines is 1. The van der Waals surface area contributed by atoms with E-state index in [0.717, 1.165) is 5.69 Å². The van der Waals surface area contributed by atoms with Gasteiger partial charge >= 0.3 is 5.97 Å². The second kappa shape index (κ2) is 6.29. The van der Waals surface area contributed by atoms with Crippen molar-refractivity contribution in [3.8, 4) is 0 Å². The van der Waals surface area contributed by atoms with Gasteiger partial charge in [-0.1, -0.05) is 13.8 Å². The molecule has 112 valence electrons. The number of carbonyl (C=O) groups is 1. The van der Waals surface area contributed by atoms with Crippen LogP contribution in [0.4, 0.5) is 5.69 Å². The maximum atomic E-state index is 11.6. The molecule has 0 amide bonds. The van der Waals surface area contributed by atoms with Crippen molar-refractivity contribution < 1.29 is 9.90 Å². The molecule has 0 radical (unpaired) electrons. The molecular formula is C13H18N6O2. The van der Waals surface area contributed by atoms with Crippen LogP contribution < -0.4 is 5.73 Å². The lowest BCUT2D eigenvalue weighted by Crippen LogP contribution is -2.29. The van der Waals surface area contributed by atoms with Gasteiger partial charge in [-0.3, -0.25) is 9.78 Å². The minimum atomic E-state index is -0.873. The lowest BCUT2D eigenvalue weighted by Gasteiger charge is -2.24. The maximum Gasteiger partial charge on any atom is 0.307 e. The fraction of sp³-hybridized carbons (Fsp3) is 0.462. The monoisotopic (exact) mass is 290 g/mol. The van der Waals surface area contributed by atoms with Crippen molar-refractivity contribution in [1.29, 1.82) is 0 Å². The standard InChI is InChI=1S/C13H18N6O2/c1-7(2)11(13(20)21)10(12-16-18-19-17-12)5-9-4-3-8(14)6-15-9/h3-4,6-7,10-11H,5,14H2,1-2H3,(H,20,21)(H,16,17,18,19)/t10-,11-/m0/s1. The van der Waals surface area contributed by atoms with Crippen molar-refractivity contribution in [1.82, 2.24) is 25.6 Å². The van der Waals surface area contributed by atoms with Gasteiger partial charge in [0, 0.05) is 18.0 Å². The minimum Gasteiger partial charge on any atom is -0.481 e. The zero-order valence-corrected chi connectivity index (χ0v) is 11.9. The number of hydrogen-bond acceptors (Lipinski definition) is 6. The average molecular weight is 290 g/mol. The molecule has 0 saturated carbocycles. The number of H-pyrrole nitrogens is 1. The SMILES string of the molecule is CC(C)[C@H](C(=O)O)[C@H](Cc1ccc(N)cn1)c1nnn[nH]1. The van der Waals surface area contributed by atoms with Gasteiger partial charge in [-0.25, -0.2) is 5.10 Å². The van der Waals surface area contributed by atoms with Crippen LogP contribution in [0, 0.1) is 11.8 Å². The van der Waals surface area contributed by atoms with Crippen molar-refractivity contribution in [2.75, 3.05) is 5.73 Å². The third-order valence-electron chi connectivity index (χ3n) is 3.43. The van der Waals surface area contributed by atoms with Gasteiger partial charge in [-0.05, 0) is 28.5 Å². The Hall–Kier alpha value is -2.51. The van der Waals surface area contributed by atoms with Crippen LogP contribution in [0.15, 0.2) is 18.3 Å². The summed E-state index contributed by atoms with van der Waals surface area (Å²) in [5.41, 5.74) is 6.93. The van der Waals surface area contributed by atoms with Gasteiger partial charge in [0.25, 0.3) is 0 Å². The molecule has 0 aliphatic rings. The number of nitrogens with two attached hydrogens (primary N) is 1. The number of anilines is 1. The van der Waals surface area contributed by atoms with Gasteiger partial charge in [-0.15, -0.1) is 5.10 Å². The Morgan fingerprint density at radius 3 is 2.67 bits per heavy atom. The highest BCUT2D eigenvalue weighted by molar-refractivity contribution is 5.71. The summed E-state index contributed by atoms with van der Waals surface area (Å²) in [6.45, 7) is 3.73. The highest BCUT2D eigenvalue weighted by Gasteiger charge is 2.34. The van der Waals surface area contributed by atoms with E-state index in [0.29, 0.717) is 17.9 Å². The van der Waals surface area contributed by atoms with Gasteiger partial charge in [-0.2, -0.15) is 0 Å². The molecule has 2 aromatic heterocycles. The van der Waals surface area contributed by atoms with E-state index in [9.17, 15) is 9.90 Å². The number of nitrogens with zero attached hydrogens (tertiary/aromatic N) is 4. The fourth-order valence-electron chi connectivity index (χ4n) is 2.42. The zero-order valence-electron chi connectivity index (χ0n) is 11.9. The first-order valence-corrected chi connectivity index (χ1v) is 6.66. The largest absolute Gasteiger partial charge is 0.481 e. The molecule has 0 bridgehead atoms. The quantitative estimate of drug-likeness (QED) is 0.719. The van der Waals surface area contributed by atoms with E-state index >= 15 is 0 Å². The summed E-state index contributed by atoms with van der Waals surface area (Å²) in [5, 5.41) is 23.2. The zero-order chi connectivity index (χ0) is 15.4. The van der Waals surface area contributed by atoms with Crippen LogP contribution >= 0.6 is 0 Å². The number of aromatic nitrogens is 5. The molecule has 21 heavy (non-hydrogen) atoms. The van der Waals surface area contributed by atoms with Gasteiger partial charge in [0.05, 0.1) is 17.8 Å². The summed E-state index contributed by atoms with van der Waals surface area (Å²) < 4.78 is 0. The Kier molecular flexibility index (Phi) is 4.46. The highest BCUT2D eigenvalue weighted by atomic mass is 16.4. The number of aliphatic carboxylic acids is 1. The van der Waals surface area contributed by atoms with Crippen LogP contribution in [-0.4, -0.2) is 36.7 Å². The smallest absolute Gasteiger partial charge is 0.307 e. The molecule has 2 heterocycles. The number of carboxylic acids is 1. The van der Waals surface area contributed by atoms with Crippen molar-refractivity contribution >= 4 is 11.7 Å². The van der Waals surface area contributed by atoms with Crippen molar-refractivity contribution in [3.05, 3.63) is 29.8 Å². The lowest BCUT2D eigenvalue weighted by atomic mass is 9.80. The van der Waals surface area contributed by atoms with Crippen molar-refractivity contribution in [3.63, 3.8) is 0 Å². The Morgan fingerprint density at radius 2 is 2.19 bits per heavy atom. The van der Waals surface area contributed by atoms with Crippen LogP contribution in [0.3, 0.4) is 0 Å². The lowest BCUT2D eigenvalue weighted by molar-refractivity contribution is -0.144. The van der Waals surface area contributed by atoms with Gasteiger partial charge in [0.2, 0.25) is 0 Å². The van der Waals surface area contributed by atoms with Crippen LogP contribution in [0.2, 0.25) is 0 Å². The van der Waals surface area contributed by atoms with Crippen LogP contribution in [0.5, 0.6) is 0 Å². The fourth-order valence-corrected chi connectivity index (χ4v) is 2.42. The minimum absolute atomic E-state index is 0.0635. The molecule has 0 unspecified atom stereocenters. The maximum absolute atomic E-state index is 11.6. The summed E-state index contributed by atoms with van der Waals surface area (Å²) in [6.07, 6.45) is 1.97. The Morgan fingerprint density at radius 1 is 1.43 bits per heavy atom. The number of nitrogens with one attached hydrogen (secondary N) is 1. The molecule has 2 aromatic rings. The van der Waals surface area contributed by atoms with Crippen LogP contribution in [0.25, 0.3) is 0 Å². The van der Waals surface area contributed by atoms with E-state index in [4.69, 9.17) is 5.73 Å². The Labute approximate surface area is 121 Å². The third kappa shape index (κ3) is 3.53. The van der Waals surface area contributed by atoms with Crippen molar-refractivity contribution in [2.45, 2.75) is 26.2 Å². The molecule has 0 saturated heterocycles. The predicted octanol–water partition coefficient (Wildman–Crippen LogP) is 0.860. The third-order valence-corrected chi connectivity index (χ3v) is 3.43. The van der Waals surface area contributed by atoms with Gasteiger partial charge < -0.3 is 10.8 Å². The molecule has 0 aliphatic carbocycles. The van der Waals surface area contributed by atoms with E-state index < -0.39 is 11.9 Å². The summed E-state index contributed by atoms with van der Waals surface area (Å²) >= 11 is 0. The number of tetrazole rings is 1. The molecule has 2 atom stereocenters. The molecule has 8 heteroatoms. The number of pyridine rings is 1. The van der Waals surface area contributed by atoms with E-state index in [1.54, 1.807) is 18.3 Å². The predicted molar refractivity (Wildman–Crippen MR) is 75.2 cm³/mol. The van der Waals surface area contributed by atoms with E-state index in [1.165, 1.54) is 0 Å².